The summed E-state index contributed by atoms with van der Waals surface area (Å²) in [6.45, 7) is 2.08. The van der Waals surface area contributed by atoms with E-state index in [4.69, 9.17) is 5.11 Å². The summed E-state index contributed by atoms with van der Waals surface area (Å²) in [4.78, 5) is 14.6. The summed E-state index contributed by atoms with van der Waals surface area (Å²) in [6, 6.07) is 8.27. The predicted molar refractivity (Wildman–Crippen MR) is 73.2 cm³/mol. The minimum absolute atomic E-state index is 0.0589. The summed E-state index contributed by atoms with van der Waals surface area (Å²) >= 11 is 0. The molecule has 1 atom stereocenters. The number of anilines is 1. The first-order valence-corrected chi connectivity index (χ1v) is 6.03. The molecule has 1 aromatic heterocycles. The summed E-state index contributed by atoms with van der Waals surface area (Å²) < 4.78 is 0. The number of non-ortho nitro benzene ring substituents is 1. The summed E-state index contributed by atoms with van der Waals surface area (Å²) in [6.07, 6.45) is 0.639. The van der Waals surface area contributed by atoms with E-state index >= 15 is 0 Å². The van der Waals surface area contributed by atoms with Gasteiger partial charge in [0.25, 0.3) is 5.69 Å². The van der Waals surface area contributed by atoms with Crippen molar-refractivity contribution in [3.8, 4) is 0 Å². The molecular formula is C13H15N3O3. The molecule has 2 aromatic rings. The Labute approximate surface area is 110 Å². The third kappa shape index (κ3) is 3.17. The van der Waals surface area contributed by atoms with Gasteiger partial charge in [0.15, 0.2) is 0 Å². The minimum atomic E-state index is -0.422. The highest BCUT2D eigenvalue weighted by molar-refractivity contribution is 5.82. The lowest BCUT2D eigenvalue weighted by Gasteiger charge is -2.13. The van der Waals surface area contributed by atoms with Crippen LogP contribution < -0.4 is 5.32 Å². The van der Waals surface area contributed by atoms with Crippen molar-refractivity contribution >= 4 is 22.4 Å². The van der Waals surface area contributed by atoms with Crippen LogP contribution in [0.25, 0.3) is 10.9 Å². The van der Waals surface area contributed by atoms with E-state index in [0.717, 1.165) is 5.39 Å². The molecule has 0 saturated carbocycles. The van der Waals surface area contributed by atoms with Gasteiger partial charge in [0, 0.05) is 30.2 Å². The van der Waals surface area contributed by atoms with E-state index < -0.39 is 4.92 Å². The fourth-order valence-electron chi connectivity index (χ4n) is 1.83. The number of nitrogens with zero attached hydrogens (tertiary/aromatic N) is 2. The van der Waals surface area contributed by atoms with Gasteiger partial charge in [0.1, 0.15) is 5.82 Å². The number of fused-ring (bicyclic) bond motifs is 1. The number of hydrogen-bond acceptors (Lipinski definition) is 5. The van der Waals surface area contributed by atoms with Crippen molar-refractivity contribution in [2.24, 2.45) is 0 Å². The van der Waals surface area contributed by atoms with Crippen LogP contribution in [0.3, 0.4) is 0 Å². The third-order valence-electron chi connectivity index (χ3n) is 2.84. The van der Waals surface area contributed by atoms with E-state index in [1.165, 1.54) is 12.1 Å². The largest absolute Gasteiger partial charge is 0.396 e. The quantitative estimate of drug-likeness (QED) is 0.637. The lowest BCUT2D eigenvalue weighted by atomic mass is 10.2. The van der Waals surface area contributed by atoms with Crippen molar-refractivity contribution in [2.45, 2.75) is 19.4 Å². The Balaban J connectivity index is 2.26. The highest BCUT2D eigenvalue weighted by atomic mass is 16.6. The van der Waals surface area contributed by atoms with E-state index in [0.29, 0.717) is 17.8 Å². The number of aromatic nitrogens is 1. The topological polar surface area (TPSA) is 88.3 Å². The highest BCUT2D eigenvalue weighted by Gasteiger charge is 2.08. The normalized spacial score (nSPS) is 12.3. The fourth-order valence-corrected chi connectivity index (χ4v) is 1.83. The van der Waals surface area contributed by atoms with Crippen LogP contribution in [0, 0.1) is 10.1 Å². The number of nitro benzene ring substituents is 1. The standard InChI is InChI=1S/C13H15N3O3/c1-9(6-7-17)14-13-5-2-10-8-11(16(18)19)3-4-12(10)15-13/h2-5,8-9,17H,6-7H2,1H3,(H,14,15). The Hall–Kier alpha value is -2.21. The summed E-state index contributed by atoms with van der Waals surface area (Å²) in [5.41, 5.74) is 0.760. The molecule has 0 radical (unpaired) electrons. The monoisotopic (exact) mass is 261 g/mol. The van der Waals surface area contributed by atoms with Gasteiger partial charge in [0.05, 0.1) is 10.4 Å². The van der Waals surface area contributed by atoms with Gasteiger partial charge in [-0.3, -0.25) is 10.1 Å². The first-order valence-electron chi connectivity index (χ1n) is 6.03. The number of rotatable bonds is 5. The van der Waals surface area contributed by atoms with Crippen molar-refractivity contribution in [1.82, 2.24) is 4.98 Å². The summed E-state index contributed by atoms with van der Waals surface area (Å²) in [7, 11) is 0. The molecule has 0 spiro atoms. The van der Waals surface area contributed by atoms with Crippen LogP contribution in [0.2, 0.25) is 0 Å². The van der Waals surface area contributed by atoms with E-state index in [1.54, 1.807) is 18.2 Å². The maximum atomic E-state index is 10.7. The van der Waals surface area contributed by atoms with Crippen LogP contribution in [-0.2, 0) is 0 Å². The zero-order chi connectivity index (χ0) is 13.8. The molecule has 0 bridgehead atoms. The lowest BCUT2D eigenvalue weighted by Crippen LogP contribution is -2.17. The highest BCUT2D eigenvalue weighted by Crippen LogP contribution is 2.21. The number of hydrogen-bond donors (Lipinski definition) is 2. The predicted octanol–water partition coefficient (Wildman–Crippen LogP) is 2.33. The van der Waals surface area contributed by atoms with Crippen LogP contribution in [-0.4, -0.2) is 27.7 Å². The Morgan fingerprint density at radius 3 is 2.89 bits per heavy atom. The number of nitrogens with one attached hydrogen (secondary N) is 1. The van der Waals surface area contributed by atoms with Crippen molar-refractivity contribution in [1.29, 1.82) is 0 Å². The average molecular weight is 261 g/mol. The average Bonchev–Trinajstić information content (AvgIpc) is 2.38. The molecule has 19 heavy (non-hydrogen) atoms. The molecule has 0 aliphatic carbocycles. The molecule has 6 nitrogen and oxygen atoms in total. The van der Waals surface area contributed by atoms with E-state index in [9.17, 15) is 10.1 Å². The molecule has 0 fully saturated rings. The van der Waals surface area contributed by atoms with E-state index in [-0.39, 0.29) is 18.3 Å². The maximum absolute atomic E-state index is 10.7. The van der Waals surface area contributed by atoms with Gasteiger partial charge in [-0.1, -0.05) is 0 Å². The second-order valence-electron chi connectivity index (χ2n) is 4.39. The second-order valence-corrected chi connectivity index (χ2v) is 4.39. The molecule has 6 heteroatoms. The first kappa shape index (κ1) is 13.2. The molecular weight excluding hydrogens is 246 g/mol. The smallest absolute Gasteiger partial charge is 0.270 e. The molecule has 0 aliphatic heterocycles. The second kappa shape index (κ2) is 5.62. The van der Waals surface area contributed by atoms with Crippen LogP contribution >= 0.6 is 0 Å². The SMILES string of the molecule is CC(CCO)Nc1ccc2cc([N+](=O)[O-])ccc2n1. The maximum Gasteiger partial charge on any atom is 0.270 e. The molecule has 0 amide bonds. The van der Waals surface area contributed by atoms with Crippen molar-refractivity contribution in [3.63, 3.8) is 0 Å². The van der Waals surface area contributed by atoms with Gasteiger partial charge < -0.3 is 10.4 Å². The van der Waals surface area contributed by atoms with E-state index in [1.807, 2.05) is 6.92 Å². The summed E-state index contributed by atoms with van der Waals surface area (Å²) in [5, 5.41) is 23.4. The molecule has 1 heterocycles. The number of aliphatic hydroxyl groups excluding tert-OH is 1. The van der Waals surface area contributed by atoms with Gasteiger partial charge in [0.2, 0.25) is 0 Å². The molecule has 0 aliphatic rings. The third-order valence-corrected chi connectivity index (χ3v) is 2.84. The van der Waals surface area contributed by atoms with Gasteiger partial charge in [-0.05, 0) is 31.5 Å². The Kier molecular flexibility index (Phi) is 3.91. The summed E-state index contributed by atoms with van der Waals surface area (Å²) in [5.74, 6) is 0.697. The number of nitro groups is 1. The molecule has 1 unspecified atom stereocenters. The van der Waals surface area contributed by atoms with Crippen molar-refractivity contribution in [2.75, 3.05) is 11.9 Å². The number of pyridine rings is 1. The van der Waals surface area contributed by atoms with Crippen molar-refractivity contribution in [3.05, 3.63) is 40.4 Å². The van der Waals surface area contributed by atoms with Crippen LogP contribution in [0.15, 0.2) is 30.3 Å². The number of aliphatic hydroxyl groups is 1. The fraction of sp³-hybridized carbons (Fsp3) is 0.308. The van der Waals surface area contributed by atoms with Crippen LogP contribution in [0.1, 0.15) is 13.3 Å². The van der Waals surface area contributed by atoms with Gasteiger partial charge >= 0.3 is 0 Å². The molecule has 2 rings (SSSR count). The molecule has 100 valence electrons. The zero-order valence-electron chi connectivity index (χ0n) is 10.5. The van der Waals surface area contributed by atoms with Gasteiger partial charge in [-0.15, -0.1) is 0 Å². The zero-order valence-corrected chi connectivity index (χ0v) is 10.5. The van der Waals surface area contributed by atoms with Gasteiger partial charge in [-0.25, -0.2) is 4.98 Å². The Bertz CT molecular complexity index is 601. The Morgan fingerprint density at radius 1 is 1.42 bits per heavy atom. The molecule has 0 saturated heterocycles. The molecule has 2 N–H and O–H groups in total. The van der Waals surface area contributed by atoms with Crippen LogP contribution in [0.5, 0.6) is 0 Å². The minimum Gasteiger partial charge on any atom is -0.396 e. The van der Waals surface area contributed by atoms with Crippen LogP contribution in [0.4, 0.5) is 11.5 Å². The Morgan fingerprint density at radius 2 is 2.21 bits per heavy atom. The number of benzene rings is 1. The van der Waals surface area contributed by atoms with Gasteiger partial charge in [-0.2, -0.15) is 0 Å². The first-order chi connectivity index (χ1) is 9.10. The van der Waals surface area contributed by atoms with E-state index in [2.05, 4.69) is 10.3 Å². The molecule has 1 aromatic carbocycles. The van der Waals surface area contributed by atoms with Crippen molar-refractivity contribution < 1.29 is 10.0 Å². The lowest BCUT2D eigenvalue weighted by molar-refractivity contribution is -0.384.